The van der Waals surface area contributed by atoms with E-state index in [1.54, 1.807) is 0 Å². The summed E-state index contributed by atoms with van der Waals surface area (Å²) in [7, 11) is 1.42. The lowest BCUT2D eigenvalue weighted by atomic mass is 10.2. The number of rotatable bonds is 8. The molecule has 0 atom stereocenters. The molecule has 1 aliphatic rings. The zero-order valence-corrected chi connectivity index (χ0v) is 13.5. The van der Waals surface area contributed by atoms with Gasteiger partial charge in [-0.15, -0.1) is 0 Å². The molecule has 0 saturated heterocycles. The summed E-state index contributed by atoms with van der Waals surface area (Å²) in [5.74, 6) is -1.88. The number of alkyl halides is 2. The van der Waals surface area contributed by atoms with E-state index in [-0.39, 0.29) is 29.8 Å². The minimum absolute atomic E-state index is 0.0277. The topological polar surface area (TPSA) is 84.9 Å². The van der Waals surface area contributed by atoms with Crippen LogP contribution in [0.1, 0.15) is 23.2 Å². The summed E-state index contributed by atoms with van der Waals surface area (Å²) in [5.41, 5.74) is -0.0277. The van der Waals surface area contributed by atoms with Gasteiger partial charge in [0.25, 0.3) is 5.91 Å². The first-order chi connectivity index (χ1) is 11.8. The Balaban J connectivity index is 1.79. The first kappa shape index (κ1) is 18.6. The average Bonchev–Trinajstić information content (AvgIpc) is 3.35. The van der Waals surface area contributed by atoms with Crippen LogP contribution in [0.25, 0.3) is 0 Å². The zero-order chi connectivity index (χ0) is 18.4. The van der Waals surface area contributed by atoms with Crippen molar-refractivity contribution in [1.82, 2.24) is 10.2 Å². The fourth-order valence-corrected chi connectivity index (χ4v) is 1.92. The number of ether oxygens (including phenoxy) is 2. The Hall–Kier alpha value is -2.71. The van der Waals surface area contributed by atoms with Crippen molar-refractivity contribution in [2.45, 2.75) is 25.5 Å². The highest BCUT2D eigenvalue weighted by molar-refractivity contribution is 5.92. The molecule has 1 aromatic rings. The predicted octanol–water partition coefficient (Wildman–Crippen LogP) is 1.18. The van der Waals surface area contributed by atoms with Gasteiger partial charge in [0.2, 0.25) is 5.91 Å². The lowest BCUT2D eigenvalue weighted by Gasteiger charge is -2.16. The number of carbonyl (C=O) groups excluding carboxylic acids is 3. The van der Waals surface area contributed by atoms with Crippen LogP contribution in [0.4, 0.5) is 8.78 Å². The van der Waals surface area contributed by atoms with E-state index < -0.39 is 25.1 Å². The normalized spacial score (nSPS) is 13.3. The van der Waals surface area contributed by atoms with Gasteiger partial charge in [-0.3, -0.25) is 9.59 Å². The van der Waals surface area contributed by atoms with Gasteiger partial charge in [-0.05, 0) is 31.0 Å². The van der Waals surface area contributed by atoms with Gasteiger partial charge in [-0.2, -0.15) is 8.78 Å². The molecule has 0 radical (unpaired) electrons. The molecule has 25 heavy (non-hydrogen) atoms. The third kappa shape index (κ3) is 6.36. The molecule has 0 spiro atoms. The van der Waals surface area contributed by atoms with Gasteiger partial charge in [0.1, 0.15) is 5.75 Å². The van der Waals surface area contributed by atoms with Crippen LogP contribution in [0.5, 0.6) is 5.75 Å². The maximum absolute atomic E-state index is 12.2. The highest BCUT2D eigenvalue weighted by Gasteiger charge is 2.24. The largest absolute Gasteiger partial charge is 0.452 e. The summed E-state index contributed by atoms with van der Waals surface area (Å²) in [6.07, 6.45) is 1.88. The van der Waals surface area contributed by atoms with E-state index in [9.17, 15) is 23.2 Å². The molecular formula is C16H18F2N2O5. The van der Waals surface area contributed by atoms with Gasteiger partial charge < -0.3 is 19.7 Å². The average molecular weight is 356 g/mol. The van der Waals surface area contributed by atoms with Crippen LogP contribution in [-0.4, -0.2) is 55.5 Å². The number of nitrogens with one attached hydrogen (secondary N) is 1. The maximum atomic E-state index is 12.2. The number of carbonyl (C=O) groups is 3. The van der Waals surface area contributed by atoms with Crippen molar-refractivity contribution in [3.63, 3.8) is 0 Å². The van der Waals surface area contributed by atoms with E-state index in [2.05, 4.69) is 10.1 Å². The van der Waals surface area contributed by atoms with Gasteiger partial charge >= 0.3 is 12.6 Å². The van der Waals surface area contributed by atoms with Crippen molar-refractivity contribution in [3.8, 4) is 5.75 Å². The minimum Gasteiger partial charge on any atom is -0.452 e. The van der Waals surface area contributed by atoms with Crippen LogP contribution in [0.3, 0.4) is 0 Å². The van der Waals surface area contributed by atoms with Crippen molar-refractivity contribution < 1.29 is 32.6 Å². The molecule has 1 fully saturated rings. The van der Waals surface area contributed by atoms with Gasteiger partial charge in [0.05, 0.1) is 12.1 Å². The molecule has 1 saturated carbocycles. The smallest absolute Gasteiger partial charge is 0.387 e. The second-order valence-electron chi connectivity index (χ2n) is 5.57. The van der Waals surface area contributed by atoms with Crippen molar-refractivity contribution in [1.29, 1.82) is 0 Å². The highest BCUT2D eigenvalue weighted by Crippen LogP contribution is 2.18. The van der Waals surface area contributed by atoms with Crippen LogP contribution in [0.15, 0.2) is 24.3 Å². The highest BCUT2D eigenvalue weighted by atomic mass is 19.3. The van der Waals surface area contributed by atoms with Crippen molar-refractivity contribution in [2.75, 3.05) is 20.2 Å². The summed E-state index contributed by atoms with van der Waals surface area (Å²) >= 11 is 0. The number of nitrogens with zero attached hydrogens (tertiary/aromatic N) is 1. The van der Waals surface area contributed by atoms with Crippen LogP contribution in [-0.2, 0) is 14.3 Å². The summed E-state index contributed by atoms with van der Waals surface area (Å²) in [4.78, 5) is 36.5. The number of halogens is 2. The van der Waals surface area contributed by atoms with Gasteiger partial charge in [-0.1, -0.05) is 6.07 Å². The third-order valence-electron chi connectivity index (χ3n) is 3.37. The van der Waals surface area contributed by atoms with E-state index in [1.807, 2.05) is 0 Å². The molecular weight excluding hydrogens is 338 g/mol. The molecule has 0 aliphatic heterocycles. The van der Waals surface area contributed by atoms with Crippen LogP contribution in [0, 0.1) is 0 Å². The molecule has 0 aromatic heterocycles. The quantitative estimate of drug-likeness (QED) is 0.707. The second kappa shape index (κ2) is 8.41. The summed E-state index contributed by atoms with van der Waals surface area (Å²) < 4.78 is 33.4. The maximum Gasteiger partial charge on any atom is 0.387 e. The van der Waals surface area contributed by atoms with Crippen molar-refractivity contribution >= 4 is 17.8 Å². The lowest BCUT2D eigenvalue weighted by molar-refractivity contribution is -0.137. The number of hydrogen-bond donors (Lipinski definition) is 1. The molecule has 2 amide bonds. The summed E-state index contributed by atoms with van der Waals surface area (Å²) in [6.45, 7) is -3.71. The molecule has 136 valence electrons. The Kier molecular flexibility index (Phi) is 6.26. The molecule has 2 rings (SSSR count). The molecule has 9 heteroatoms. The first-order valence-corrected chi connectivity index (χ1v) is 7.60. The number of esters is 1. The molecule has 0 heterocycles. The van der Waals surface area contributed by atoms with Crippen LogP contribution >= 0.6 is 0 Å². The standard InChI is InChI=1S/C16H18F2N2O5/c1-20(8-13(21)19-11-5-6-11)14(22)9-24-15(23)10-3-2-4-12(7-10)25-16(17)18/h2-4,7,11,16H,5-6,8-9H2,1H3,(H,19,21). The number of benzene rings is 1. The Morgan fingerprint density at radius 1 is 1.32 bits per heavy atom. The Bertz CT molecular complexity index is 649. The molecule has 1 aromatic carbocycles. The zero-order valence-electron chi connectivity index (χ0n) is 13.5. The van der Waals surface area contributed by atoms with Crippen LogP contribution in [0.2, 0.25) is 0 Å². The van der Waals surface area contributed by atoms with E-state index >= 15 is 0 Å². The second-order valence-corrected chi connectivity index (χ2v) is 5.57. The summed E-state index contributed by atoms with van der Waals surface area (Å²) in [5, 5.41) is 2.74. The van der Waals surface area contributed by atoms with Crippen molar-refractivity contribution in [3.05, 3.63) is 29.8 Å². The van der Waals surface area contributed by atoms with Gasteiger partial charge in [0, 0.05) is 13.1 Å². The minimum atomic E-state index is -3.01. The van der Waals surface area contributed by atoms with Crippen LogP contribution < -0.4 is 10.1 Å². The van der Waals surface area contributed by atoms with E-state index in [0.717, 1.165) is 23.8 Å². The Morgan fingerprint density at radius 2 is 2.04 bits per heavy atom. The van der Waals surface area contributed by atoms with E-state index in [1.165, 1.54) is 25.2 Å². The number of amides is 2. The number of hydrogen-bond acceptors (Lipinski definition) is 5. The fraction of sp³-hybridized carbons (Fsp3) is 0.438. The molecule has 1 N–H and O–H groups in total. The van der Waals surface area contributed by atoms with Gasteiger partial charge in [-0.25, -0.2) is 4.79 Å². The van der Waals surface area contributed by atoms with E-state index in [4.69, 9.17) is 4.74 Å². The fourth-order valence-electron chi connectivity index (χ4n) is 1.92. The molecule has 7 nitrogen and oxygen atoms in total. The van der Waals surface area contributed by atoms with Crippen molar-refractivity contribution in [2.24, 2.45) is 0 Å². The monoisotopic (exact) mass is 356 g/mol. The Labute approximate surface area is 142 Å². The third-order valence-corrected chi connectivity index (χ3v) is 3.37. The molecule has 0 bridgehead atoms. The number of likely N-dealkylation sites (N-methyl/N-ethyl adjacent to an activating group) is 1. The van der Waals surface area contributed by atoms with E-state index in [0.29, 0.717) is 0 Å². The summed E-state index contributed by atoms with van der Waals surface area (Å²) in [6, 6.07) is 5.24. The Morgan fingerprint density at radius 3 is 2.68 bits per heavy atom. The van der Waals surface area contributed by atoms with Gasteiger partial charge in [0.15, 0.2) is 6.61 Å². The molecule has 0 unspecified atom stereocenters. The molecule has 1 aliphatic carbocycles. The predicted molar refractivity (Wildman–Crippen MR) is 82.2 cm³/mol. The lowest BCUT2D eigenvalue weighted by Crippen LogP contribution is -2.40. The first-order valence-electron chi connectivity index (χ1n) is 7.60. The SMILES string of the molecule is CN(CC(=O)NC1CC1)C(=O)COC(=O)c1cccc(OC(F)F)c1.